The molecule has 0 radical (unpaired) electrons. The van der Waals surface area contributed by atoms with Crippen LogP contribution in [0.5, 0.6) is 0 Å². The molecule has 1 atom stereocenters. The Hall–Kier alpha value is -0.750. The molecule has 0 spiro atoms. The molecule has 16 heavy (non-hydrogen) atoms. The Kier molecular flexibility index (Phi) is 4.06. The van der Waals surface area contributed by atoms with Crippen molar-refractivity contribution in [2.24, 2.45) is 0 Å². The van der Waals surface area contributed by atoms with Crippen LogP contribution < -0.4 is 5.32 Å². The first-order valence-electron chi connectivity index (χ1n) is 5.12. The minimum atomic E-state index is 0.117. The molecule has 0 aliphatic carbocycles. The smallest absolute Gasteiger partial charge is 0.133 e. The van der Waals surface area contributed by atoms with Gasteiger partial charge in [-0.1, -0.05) is 6.07 Å². The monoisotopic (exact) mass is 254 g/mol. The van der Waals surface area contributed by atoms with Gasteiger partial charge in [0.2, 0.25) is 0 Å². The number of aromatic nitrogens is 1. The number of nitrogens with one attached hydrogen (secondary N) is 1. The summed E-state index contributed by atoms with van der Waals surface area (Å²) in [6.45, 7) is 2.82. The van der Waals surface area contributed by atoms with Crippen molar-refractivity contribution in [1.29, 1.82) is 0 Å². The summed E-state index contributed by atoms with van der Waals surface area (Å²) in [7, 11) is 0. The van der Waals surface area contributed by atoms with Gasteiger partial charge in [-0.3, -0.25) is 0 Å². The number of thiophene rings is 1. The van der Waals surface area contributed by atoms with E-state index in [1.165, 1.54) is 4.88 Å². The standard InChI is InChI=1S/C11H14N2OS2/c1-8(6-14)12-5-9-7-16-11(13-9)10-3-2-4-15-10/h2-4,7-8,12,14H,5-6H2,1H3/t8-/m1/s1. The minimum Gasteiger partial charge on any atom is -0.395 e. The molecule has 0 aromatic carbocycles. The van der Waals surface area contributed by atoms with Crippen LogP contribution in [0, 0.1) is 0 Å². The van der Waals surface area contributed by atoms with E-state index in [-0.39, 0.29) is 12.6 Å². The van der Waals surface area contributed by atoms with Crippen LogP contribution >= 0.6 is 22.7 Å². The lowest BCUT2D eigenvalue weighted by molar-refractivity contribution is 0.250. The molecule has 2 rings (SSSR count). The highest BCUT2D eigenvalue weighted by Crippen LogP contribution is 2.27. The Morgan fingerprint density at radius 1 is 1.50 bits per heavy atom. The maximum atomic E-state index is 8.89. The molecule has 2 N–H and O–H groups in total. The normalized spacial score (nSPS) is 12.9. The molecule has 0 aliphatic rings. The van der Waals surface area contributed by atoms with E-state index in [9.17, 15) is 0 Å². The molecule has 0 aliphatic heterocycles. The van der Waals surface area contributed by atoms with E-state index in [0.717, 1.165) is 10.7 Å². The maximum Gasteiger partial charge on any atom is 0.133 e. The van der Waals surface area contributed by atoms with Gasteiger partial charge >= 0.3 is 0 Å². The summed E-state index contributed by atoms with van der Waals surface area (Å²) in [5, 5.41) is 17.3. The number of aliphatic hydroxyl groups is 1. The fraction of sp³-hybridized carbons (Fsp3) is 0.364. The van der Waals surface area contributed by atoms with E-state index in [4.69, 9.17) is 5.11 Å². The van der Waals surface area contributed by atoms with Crippen molar-refractivity contribution in [1.82, 2.24) is 10.3 Å². The van der Waals surface area contributed by atoms with Crippen LogP contribution in [-0.2, 0) is 6.54 Å². The van der Waals surface area contributed by atoms with Gasteiger partial charge in [-0.25, -0.2) is 4.98 Å². The van der Waals surface area contributed by atoms with Gasteiger partial charge < -0.3 is 10.4 Å². The van der Waals surface area contributed by atoms with Crippen molar-refractivity contribution in [2.75, 3.05) is 6.61 Å². The minimum absolute atomic E-state index is 0.117. The third kappa shape index (κ3) is 2.89. The number of hydrogen-bond donors (Lipinski definition) is 2. The van der Waals surface area contributed by atoms with Gasteiger partial charge in [0, 0.05) is 18.0 Å². The molecule has 0 amide bonds. The summed E-state index contributed by atoms with van der Waals surface area (Å²) in [5.74, 6) is 0. The molecule has 0 saturated heterocycles. The van der Waals surface area contributed by atoms with Gasteiger partial charge in [0.25, 0.3) is 0 Å². The second kappa shape index (κ2) is 5.54. The van der Waals surface area contributed by atoms with Crippen molar-refractivity contribution in [3.8, 4) is 9.88 Å². The summed E-state index contributed by atoms with van der Waals surface area (Å²) >= 11 is 3.37. The summed E-state index contributed by atoms with van der Waals surface area (Å²) < 4.78 is 0. The van der Waals surface area contributed by atoms with Crippen LogP contribution in [0.1, 0.15) is 12.6 Å². The van der Waals surface area contributed by atoms with Gasteiger partial charge in [-0.15, -0.1) is 22.7 Å². The first-order chi connectivity index (χ1) is 7.79. The highest BCUT2D eigenvalue weighted by atomic mass is 32.1. The number of thiazole rings is 1. The summed E-state index contributed by atoms with van der Waals surface area (Å²) in [6, 6.07) is 4.23. The van der Waals surface area contributed by atoms with Gasteiger partial charge in [0.1, 0.15) is 5.01 Å². The quantitative estimate of drug-likeness (QED) is 0.861. The van der Waals surface area contributed by atoms with Gasteiger partial charge in [0.15, 0.2) is 0 Å². The Balaban J connectivity index is 1.98. The number of aliphatic hydroxyl groups excluding tert-OH is 1. The average Bonchev–Trinajstić information content (AvgIpc) is 2.95. The molecular weight excluding hydrogens is 240 g/mol. The highest BCUT2D eigenvalue weighted by molar-refractivity contribution is 7.20. The fourth-order valence-electron chi connectivity index (χ4n) is 1.24. The third-order valence-corrected chi connectivity index (χ3v) is 4.12. The number of rotatable bonds is 5. The lowest BCUT2D eigenvalue weighted by Crippen LogP contribution is -2.28. The summed E-state index contributed by atoms with van der Waals surface area (Å²) in [6.07, 6.45) is 0. The van der Waals surface area contributed by atoms with E-state index in [2.05, 4.69) is 27.1 Å². The number of hydrogen-bond acceptors (Lipinski definition) is 5. The SMILES string of the molecule is C[C@H](CO)NCc1csc(-c2cccs2)n1. The molecule has 2 aromatic heterocycles. The summed E-state index contributed by atoms with van der Waals surface area (Å²) in [5.41, 5.74) is 1.04. The molecule has 5 heteroatoms. The Morgan fingerprint density at radius 3 is 3.06 bits per heavy atom. The molecule has 0 bridgehead atoms. The largest absolute Gasteiger partial charge is 0.395 e. The van der Waals surface area contributed by atoms with Crippen LogP contribution in [-0.4, -0.2) is 22.7 Å². The van der Waals surface area contributed by atoms with Crippen LogP contribution in [0.15, 0.2) is 22.9 Å². The van der Waals surface area contributed by atoms with Crippen LogP contribution in [0.2, 0.25) is 0 Å². The predicted octanol–water partition coefficient (Wildman–Crippen LogP) is 2.34. The lowest BCUT2D eigenvalue weighted by Gasteiger charge is -2.08. The van der Waals surface area contributed by atoms with Crippen molar-refractivity contribution in [3.63, 3.8) is 0 Å². The van der Waals surface area contributed by atoms with Crippen LogP contribution in [0.4, 0.5) is 0 Å². The highest BCUT2D eigenvalue weighted by Gasteiger charge is 2.06. The van der Waals surface area contributed by atoms with Crippen molar-refractivity contribution < 1.29 is 5.11 Å². The van der Waals surface area contributed by atoms with Gasteiger partial charge in [0.05, 0.1) is 17.2 Å². The molecule has 3 nitrogen and oxygen atoms in total. The predicted molar refractivity (Wildman–Crippen MR) is 68.8 cm³/mol. The average molecular weight is 254 g/mol. The van der Waals surface area contributed by atoms with E-state index >= 15 is 0 Å². The molecule has 2 aromatic rings. The first kappa shape index (κ1) is 11.7. The van der Waals surface area contributed by atoms with Crippen molar-refractivity contribution in [2.45, 2.75) is 19.5 Å². The first-order valence-corrected chi connectivity index (χ1v) is 6.88. The molecule has 86 valence electrons. The Morgan fingerprint density at radius 2 is 2.38 bits per heavy atom. The number of nitrogens with zero attached hydrogens (tertiary/aromatic N) is 1. The zero-order valence-corrected chi connectivity index (χ0v) is 10.6. The Labute approximate surface area is 103 Å². The van der Waals surface area contributed by atoms with Gasteiger partial charge in [-0.2, -0.15) is 0 Å². The van der Waals surface area contributed by atoms with Crippen LogP contribution in [0.25, 0.3) is 9.88 Å². The van der Waals surface area contributed by atoms with E-state index < -0.39 is 0 Å². The molecule has 0 fully saturated rings. The zero-order valence-electron chi connectivity index (χ0n) is 9.01. The topological polar surface area (TPSA) is 45.1 Å². The van der Waals surface area contributed by atoms with E-state index in [0.29, 0.717) is 6.54 Å². The fourth-order valence-corrected chi connectivity index (χ4v) is 2.88. The molecule has 0 saturated carbocycles. The Bertz CT molecular complexity index is 425. The van der Waals surface area contributed by atoms with Gasteiger partial charge in [-0.05, 0) is 18.4 Å². The molecular formula is C11H14N2OS2. The van der Waals surface area contributed by atoms with E-state index in [1.807, 2.05) is 13.0 Å². The molecule has 2 heterocycles. The van der Waals surface area contributed by atoms with Crippen molar-refractivity contribution >= 4 is 22.7 Å². The third-order valence-electron chi connectivity index (χ3n) is 2.19. The summed E-state index contributed by atoms with van der Waals surface area (Å²) in [4.78, 5) is 5.76. The van der Waals surface area contributed by atoms with E-state index in [1.54, 1.807) is 22.7 Å². The second-order valence-corrected chi connectivity index (χ2v) is 5.39. The lowest BCUT2D eigenvalue weighted by atomic mass is 10.3. The van der Waals surface area contributed by atoms with Crippen molar-refractivity contribution in [3.05, 3.63) is 28.6 Å². The zero-order chi connectivity index (χ0) is 11.4. The molecule has 0 unspecified atom stereocenters. The maximum absolute atomic E-state index is 8.89. The second-order valence-electron chi connectivity index (χ2n) is 3.59. The van der Waals surface area contributed by atoms with Crippen LogP contribution in [0.3, 0.4) is 0 Å².